The number of amides is 1. The highest BCUT2D eigenvalue weighted by Gasteiger charge is 2.32. The summed E-state index contributed by atoms with van der Waals surface area (Å²) in [7, 11) is 0. The van der Waals surface area contributed by atoms with Gasteiger partial charge >= 0.3 is 0 Å². The van der Waals surface area contributed by atoms with Crippen LogP contribution in [0.2, 0.25) is 0 Å². The first kappa shape index (κ1) is 9.14. The van der Waals surface area contributed by atoms with Crippen LogP contribution in [0, 0.1) is 0 Å². The molecule has 0 bridgehead atoms. The van der Waals surface area contributed by atoms with E-state index in [9.17, 15) is 4.79 Å². The fourth-order valence-electron chi connectivity index (χ4n) is 1.22. The number of carbonyl (C=O) groups is 1. The summed E-state index contributed by atoms with van der Waals surface area (Å²) >= 11 is 11.6. The van der Waals surface area contributed by atoms with E-state index < -0.39 is 4.46 Å². The van der Waals surface area contributed by atoms with Crippen LogP contribution in [-0.4, -0.2) is 21.8 Å². The van der Waals surface area contributed by atoms with Crippen molar-refractivity contribution in [1.82, 2.24) is 4.90 Å². The quantitative estimate of drug-likeness (QED) is 0.464. The van der Waals surface area contributed by atoms with Gasteiger partial charge in [0.05, 0.1) is 0 Å². The second-order valence-corrected chi connectivity index (χ2v) is 4.51. The van der Waals surface area contributed by atoms with Gasteiger partial charge in [0.25, 0.3) is 0 Å². The van der Waals surface area contributed by atoms with E-state index >= 15 is 0 Å². The van der Waals surface area contributed by atoms with E-state index in [1.165, 1.54) is 4.90 Å². The van der Waals surface area contributed by atoms with Gasteiger partial charge < -0.3 is 4.90 Å². The van der Waals surface area contributed by atoms with E-state index in [0.29, 0.717) is 13.0 Å². The third-order valence-electron chi connectivity index (χ3n) is 1.80. The lowest BCUT2D eigenvalue weighted by molar-refractivity contribution is -0.134. The maximum atomic E-state index is 11.2. The van der Waals surface area contributed by atoms with Crippen molar-refractivity contribution in [2.45, 2.75) is 30.6 Å². The first-order valence-electron chi connectivity index (χ1n) is 3.70. The number of piperidine rings is 1. The normalized spacial score (nSPS) is 20.6. The van der Waals surface area contributed by atoms with Crippen LogP contribution in [0.3, 0.4) is 0 Å². The second-order valence-electron chi connectivity index (χ2n) is 2.84. The predicted octanol–water partition coefficient (Wildman–Crippen LogP) is 2.15. The number of nitrogens with zero attached hydrogens (tertiary/aromatic N) is 1. The van der Waals surface area contributed by atoms with Gasteiger partial charge in [0, 0.05) is 13.0 Å². The largest absolute Gasteiger partial charge is 0.311 e. The molecule has 0 aliphatic carbocycles. The molecule has 1 amide bonds. The van der Waals surface area contributed by atoms with E-state index in [1.54, 1.807) is 6.92 Å². The Morgan fingerprint density at radius 1 is 1.45 bits per heavy atom. The minimum Gasteiger partial charge on any atom is -0.311 e. The maximum absolute atomic E-state index is 11.2. The number of alkyl halides is 2. The molecule has 0 N–H and O–H groups in total. The zero-order valence-electron chi connectivity index (χ0n) is 6.44. The number of hydrogen-bond acceptors (Lipinski definition) is 1. The van der Waals surface area contributed by atoms with Crippen LogP contribution >= 0.6 is 23.2 Å². The standard InChI is InChI=1S/C7H11Cl2NO/c1-7(8,9)10-5-3-2-4-6(10)11/h2-5H2,1H3. The first-order valence-corrected chi connectivity index (χ1v) is 4.46. The van der Waals surface area contributed by atoms with Crippen molar-refractivity contribution in [3.8, 4) is 0 Å². The highest BCUT2D eigenvalue weighted by Crippen LogP contribution is 2.28. The summed E-state index contributed by atoms with van der Waals surface area (Å²) in [5.41, 5.74) is 0. The predicted molar refractivity (Wildman–Crippen MR) is 45.7 cm³/mol. The molecule has 0 spiro atoms. The summed E-state index contributed by atoms with van der Waals surface area (Å²) < 4.78 is -1.03. The van der Waals surface area contributed by atoms with E-state index in [0.717, 1.165) is 12.8 Å². The molecule has 1 saturated heterocycles. The number of rotatable bonds is 1. The van der Waals surface area contributed by atoms with E-state index in [-0.39, 0.29) is 5.91 Å². The van der Waals surface area contributed by atoms with E-state index in [2.05, 4.69) is 0 Å². The van der Waals surface area contributed by atoms with Crippen LogP contribution in [0.15, 0.2) is 0 Å². The minimum atomic E-state index is -1.03. The molecule has 2 nitrogen and oxygen atoms in total. The fraction of sp³-hybridized carbons (Fsp3) is 0.857. The van der Waals surface area contributed by atoms with Crippen molar-refractivity contribution < 1.29 is 4.79 Å². The molecule has 1 heterocycles. The van der Waals surface area contributed by atoms with Crippen LogP contribution in [-0.2, 0) is 4.79 Å². The lowest BCUT2D eigenvalue weighted by Crippen LogP contribution is -2.44. The maximum Gasteiger partial charge on any atom is 0.224 e. The molecule has 1 fully saturated rings. The zero-order chi connectivity index (χ0) is 8.48. The van der Waals surface area contributed by atoms with Gasteiger partial charge in [-0.25, -0.2) is 0 Å². The molecule has 64 valence electrons. The Morgan fingerprint density at radius 2 is 2.09 bits per heavy atom. The van der Waals surface area contributed by atoms with Crippen LogP contribution in [0.25, 0.3) is 0 Å². The van der Waals surface area contributed by atoms with Gasteiger partial charge in [-0.2, -0.15) is 0 Å². The average molecular weight is 196 g/mol. The molecule has 0 aromatic heterocycles. The smallest absolute Gasteiger partial charge is 0.224 e. The lowest BCUT2D eigenvalue weighted by atomic mass is 10.1. The molecule has 1 aliphatic heterocycles. The Hall–Kier alpha value is 0.0500. The van der Waals surface area contributed by atoms with Crippen LogP contribution < -0.4 is 0 Å². The molecule has 0 atom stereocenters. The van der Waals surface area contributed by atoms with Gasteiger partial charge in [-0.15, -0.1) is 0 Å². The fourth-order valence-corrected chi connectivity index (χ4v) is 1.58. The molecular weight excluding hydrogens is 185 g/mol. The topological polar surface area (TPSA) is 20.3 Å². The Labute approximate surface area is 76.5 Å². The second kappa shape index (κ2) is 3.20. The highest BCUT2D eigenvalue weighted by atomic mass is 35.5. The van der Waals surface area contributed by atoms with E-state index in [4.69, 9.17) is 23.2 Å². The monoisotopic (exact) mass is 195 g/mol. The highest BCUT2D eigenvalue weighted by molar-refractivity contribution is 6.48. The van der Waals surface area contributed by atoms with Gasteiger partial charge in [-0.05, 0) is 19.8 Å². The molecule has 1 rings (SSSR count). The Bertz CT molecular complexity index is 164. The van der Waals surface area contributed by atoms with Crippen LogP contribution in [0.5, 0.6) is 0 Å². The Balaban J connectivity index is 2.62. The summed E-state index contributed by atoms with van der Waals surface area (Å²) in [6, 6.07) is 0. The number of likely N-dealkylation sites (tertiary alicyclic amines) is 1. The third kappa shape index (κ3) is 2.24. The van der Waals surface area contributed by atoms with Crippen molar-refractivity contribution in [3.63, 3.8) is 0 Å². The molecule has 0 unspecified atom stereocenters. The molecule has 0 aromatic carbocycles. The van der Waals surface area contributed by atoms with Crippen molar-refractivity contribution >= 4 is 29.1 Å². The Morgan fingerprint density at radius 3 is 2.45 bits per heavy atom. The molecule has 1 aliphatic rings. The van der Waals surface area contributed by atoms with Crippen LogP contribution in [0.4, 0.5) is 0 Å². The Kier molecular flexibility index (Phi) is 2.66. The van der Waals surface area contributed by atoms with Crippen molar-refractivity contribution in [2.75, 3.05) is 6.54 Å². The molecule has 0 aromatic rings. The number of halogens is 2. The van der Waals surface area contributed by atoms with Crippen LogP contribution in [0.1, 0.15) is 26.2 Å². The molecule has 0 radical (unpaired) electrons. The third-order valence-corrected chi connectivity index (χ3v) is 2.21. The van der Waals surface area contributed by atoms with Gasteiger partial charge in [0.1, 0.15) is 0 Å². The van der Waals surface area contributed by atoms with E-state index in [1.807, 2.05) is 0 Å². The van der Waals surface area contributed by atoms with Gasteiger partial charge in [-0.3, -0.25) is 4.79 Å². The zero-order valence-corrected chi connectivity index (χ0v) is 7.95. The summed E-state index contributed by atoms with van der Waals surface area (Å²) in [4.78, 5) is 12.7. The summed E-state index contributed by atoms with van der Waals surface area (Å²) in [5.74, 6) is 0.0590. The van der Waals surface area contributed by atoms with Crippen molar-refractivity contribution in [3.05, 3.63) is 0 Å². The van der Waals surface area contributed by atoms with Crippen molar-refractivity contribution in [1.29, 1.82) is 0 Å². The lowest BCUT2D eigenvalue weighted by Gasteiger charge is -2.34. The average Bonchev–Trinajstić information content (AvgIpc) is 1.86. The molecule has 4 heteroatoms. The molecular formula is C7H11Cl2NO. The number of carbonyl (C=O) groups excluding carboxylic acids is 1. The first-order chi connectivity index (χ1) is 5.02. The summed E-state index contributed by atoms with van der Waals surface area (Å²) in [5, 5.41) is 0. The van der Waals surface area contributed by atoms with Gasteiger partial charge in [-0.1, -0.05) is 23.2 Å². The van der Waals surface area contributed by atoms with Crippen molar-refractivity contribution in [2.24, 2.45) is 0 Å². The minimum absolute atomic E-state index is 0.0590. The van der Waals surface area contributed by atoms with Gasteiger partial charge in [0.2, 0.25) is 5.91 Å². The number of hydrogen-bond donors (Lipinski definition) is 0. The van der Waals surface area contributed by atoms with Gasteiger partial charge in [0.15, 0.2) is 4.46 Å². The SMILES string of the molecule is CC(Cl)(Cl)N1CCCCC1=O. The summed E-state index contributed by atoms with van der Waals surface area (Å²) in [6.45, 7) is 2.31. The summed E-state index contributed by atoms with van der Waals surface area (Å²) in [6.07, 6.45) is 2.54. The molecule has 11 heavy (non-hydrogen) atoms. The molecule has 0 saturated carbocycles.